The standard InChI is InChI=1S/C13H17ClN2O4S/c14-11-9-10(13(17)18)5-6-12(11)15-21(19,20)16-7-3-1-2-4-8-16/h5-6,9,15H,1-4,7-8H2,(H,17,18). The summed E-state index contributed by atoms with van der Waals surface area (Å²) in [6, 6.07) is 3.90. The Morgan fingerprint density at radius 2 is 1.81 bits per heavy atom. The number of carbonyl (C=O) groups is 1. The van der Waals surface area contributed by atoms with Crippen molar-refractivity contribution in [2.45, 2.75) is 25.7 Å². The average molecular weight is 333 g/mol. The molecule has 0 amide bonds. The molecule has 2 rings (SSSR count). The predicted octanol–water partition coefficient (Wildman–Crippen LogP) is 2.57. The van der Waals surface area contributed by atoms with Gasteiger partial charge in [-0.3, -0.25) is 4.72 Å². The lowest BCUT2D eigenvalue weighted by atomic mass is 10.2. The summed E-state index contributed by atoms with van der Waals surface area (Å²) in [5.41, 5.74) is 0.198. The number of benzene rings is 1. The van der Waals surface area contributed by atoms with Crippen LogP contribution >= 0.6 is 11.6 Å². The smallest absolute Gasteiger partial charge is 0.335 e. The third-order valence-corrected chi connectivity index (χ3v) is 5.20. The lowest BCUT2D eigenvalue weighted by Crippen LogP contribution is -2.36. The fourth-order valence-electron chi connectivity index (χ4n) is 2.22. The first-order chi connectivity index (χ1) is 9.90. The van der Waals surface area contributed by atoms with Crippen LogP contribution in [0.2, 0.25) is 5.02 Å². The van der Waals surface area contributed by atoms with Crippen LogP contribution in [0.1, 0.15) is 36.0 Å². The van der Waals surface area contributed by atoms with E-state index in [4.69, 9.17) is 16.7 Å². The van der Waals surface area contributed by atoms with Crippen molar-refractivity contribution < 1.29 is 18.3 Å². The van der Waals surface area contributed by atoms with Gasteiger partial charge in [0.15, 0.2) is 0 Å². The zero-order valence-electron chi connectivity index (χ0n) is 11.4. The Hall–Kier alpha value is -1.31. The Balaban J connectivity index is 2.18. The zero-order valence-corrected chi connectivity index (χ0v) is 13.0. The molecule has 0 aliphatic carbocycles. The van der Waals surface area contributed by atoms with Crippen LogP contribution in [-0.2, 0) is 10.2 Å². The number of halogens is 1. The van der Waals surface area contributed by atoms with Gasteiger partial charge in [0.2, 0.25) is 0 Å². The molecule has 1 aliphatic heterocycles. The van der Waals surface area contributed by atoms with Crippen LogP contribution in [0.15, 0.2) is 18.2 Å². The zero-order chi connectivity index (χ0) is 15.5. The fourth-order valence-corrected chi connectivity index (χ4v) is 3.82. The van der Waals surface area contributed by atoms with Crippen molar-refractivity contribution >= 4 is 33.5 Å². The van der Waals surface area contributed by atoms with Crippen molar-refractivity contribution in [1.82, 2.24) is 4.31 Å². The van der Waals surface area contributed by atoms with Crippen LogP contribution in [0, 0.1) is 0 Å². The van der Waals surface area contributed by atoms with Gasteiger partial charge >= 0.3 is 16.2 Å². The number of anilines is 1. The van der Waals surface area contributed by atoms with E-state index in [0.717, 1.165) is 25.7 Å². The maximum atomic E-state index is 12.3. The SMILES string of the molecule is O=C(O)c1ccc(NS(=O)(=O)N2CCCCCC2)c(Cl)c1. The molecule has 116 valence electrons. The van der Waals surface area contributed by atoms with E-state index in [1.807, 2.05) is 0 Å². The third kappa shape index (κ3) is 4.09. The maximum absolute atomic E-state index is 12.3. The van der Waals surface area contributed by atoms with E-state index in [9.17, 15) is 13.2 Å². The molecule has 6 nitrogen and oxygen atoms in total. The molecule has 0 unspecified atom stereocenters. The van der Waals surface area contributed by atoms with Gasteiger partial charge in [-0.2, -0.15) is 12.7 Å². The summed E-state index contributed by atoms with van der Waals surface area (Å²) in [6.45, 7) is 0.973. The van der Waals surface area contributed by atoms with Crippen LogP contribution in [0.25, 0.3) is 0 Å². The van der Waals surface area contributed by atoms with Crippen molar-refractivity contribution in [2.75, 3.05) is 17.8 Å². The van der Waals surface area contributed by atoms with Gasteiger partial charge in [0, 0.05) is 13.1 Å². The van der Waals surface area contributed by atoms with Gasteiger partial charge in [-0.15, -0.1) is 0 Å². The van der Waals surface area contributed by atoms with Crippen molar-refractivity contribution in [1.29, 1.82) is 0 Å². The largest absolute Gasteiger partial charge is 0.478 e. The summed E-state index contributed by atoms with van der Waals surface area (Å²) in [7, 11) is -3.66. The van der Waals surface area contributed by atoms with Gasteiger partial charge in [-0.1, -0.05) is 24.4 Å². The van der Waals surface area contributed by atoms with Crippen LogP contribution in [0.3, 0.4) is 0 Å². The van der Waals surface area contributed by atoms with Crippen molar-refractivity contribution in [3.63, 3.8) is 0 Å². The second kappa shape index (κ2) is 6.64. The molecular formula is C13H17ClN2O4S. The molecule has 0 aromatic heterocycles. The Morgan fingerprint density at radius 1 is 1.19 bits per heavy atom. The first-order valence-corrected chi connectivity index (χ1v) is 8.53. The maximum Gasteiger partial charge on any atom is 0.335 e. The van der Waals surface area contributed by atoms with Gasteiger partial charge < -0.3 is 5.11 Å². The first-order valence-electron chi connectivity index (χ1n) is 6.71. The van der Waals surface area contributed by atoms with E-state index in [0.29, 0.717) is 13.1 Å². The number of aromatic carboxylic acids is 1. The molecular weight excluding hydrogens is 316 g/mol. The summed E-state index contributed by atoms with van der Waals surface area (Å²) < 4.78 is 28.5. The molecule has 1 saturated heterocycles. The minimum atomic E-state index is -3.66. The summed E-state index contributed by atoms with van der Waals surface area (Å²) in [4.78, 5) is 10.8. The summed E-state index contributed by atoms with van der Waals surface area (Å²) in [5.74, 6) is -1.11. The average Bonchev–Trinajstić information content (AvgIpc) is 2.70. The van der Waals surface area contributed by atoms with Gasteiger partial charge in [0.25, 0.3) is 0 Å². The molecule has 1 aliphatic rings. The predicted molar refractivity (Wildman–Crippen MR) is 81.0 cm³/mol. The molecule has 1 aromatic carbocycles. The molecule has 0 spiro atoms. The molecule has 2 N–H and O–H groups in total. The number of nitrogens with one attached hydrogen (secondary N) is 1. The summed E-state index contributed by atoms with van der Waals surface area (Å²) in [6.07, 6.45) is 3.74. The number of hydrogen-bond acceptors (Lipinski definition) is 3. The number of carboxylic acid groups (broad SMARTS) is 1. The quantitative estimate of drug-likeness (QED) is 0.887. The topological polar surface area (TPSA) is 86.7 Å². The van der Waals surface area contributed by atoms with Crippen molar-refractivity contribution in [2.24, 2.45) is 0 Å². The Labute approximate surface area is 128 Å². The van der Waals surface area contributed by atoms with Crippen LogP contribution in [-0.4, -0.2) is 36.9 Å². The minimum absolute atomic E-state index is 0.0118. The van der Waals surface area contributed by atoms with Crippen molar-refractivity contribution in [3.8, 4) is 0 Å². The molecule has 21 heavy (non-hydrogen) atoms. The Bertz CT molecular complexity index is 625. The second-order valence-electron chi connectivity index (χ2n) is 4.92. The monoisotopic (exact) mass is 332 g/mol. The molecule has 0 radical (unpaired) electrons. The van der Waals surface area contributed by atoms with Crippen LogP contribution in [0.5, 0.6) is 0 Å². The molecule has 0 saturated carbocycles. The molecule has 1 heterocycles. The minimum Gasteiger partial charge on any atom is -0.478 e. The molecule has 0 atom stereocenters. The van der Waals surface area contributed by atoms with Crippen molar-refractivity contribution in [3.05, 3.63) is 28.8 Å². The normalized spacial score (nSPS) is 17.2. The third-order valence-electron chi connectivity index (χ3n) is 3.36. The Kier molecular flexibility index (Phi) is 5.08. The van der Waals surface area contributed by atoms with E-state index in [1.54, 1.807) is 0 Å². The van der Waals surface area contributed by atoms with Gasteiger partial charge in [0.1, 0.15) is 0 Å². The highest BCUT2D eigenvalue weighted by molar-refractivity contribution is 7.90. The highest BCUT2D eigenvalue weighted by Gasteiger charge is 2.23. The molecule has 0 bridgehead atoms. The van der Waals surface area contributed by atoms with Crippen LogP contribution in [0.4, 0.5) is 5.69 Å². The highest BCUT2D eigenvalue weighted by atomic mass is 35.5. The number of hydrogen-bond donors (Lipinski definition) is 2. The van der Waals surface area contributed by atoms with E-state index in [-0.39, 0.29) is 16.3 Å². The van der Waals surface area contributed by atoms with E-state index in [1.165, 1.54) is 22.5 Å². The van der Waals surface area contributed by atoms with Gasteiger partial charge in [-0.05, 0) is 31.0 Å². The lowest BCUT2D eigenvalue weighted by molar-refractivity contribution is 0.0697. The van der Waals surface area contributed by atoms with E-state index >= 15 is 0 Å². The molecule has 1 aromatic rings. The summed E-state index contributed by atoms with van der Waals surface area (Å²) >= 11 is 5.94. The highest BCUT2D eigenvalue weighted by Crippen LogP contribution is 2.25. The molecule has 1 fully saturated rings. The van der Waals surface area contributed by atoms with E-state index < -0.39 is 16.2 Å². The van der Waals surface area contributed by atoms with Gasteiger partial charge in [0.05, 0.1) is 16.3 Å². The summed E-state index contributed by atoms with van der Waals surface area (Å²) in [5, 5.41) is 8.93. The van der Waals surface area contributed by atoms with Gasteiger partial charge in [-0.25, -0.2) is 4.79 Å². The second-order valence-corrected chi connectivity index (χ2v) is 7.00. The number of nitrogens with zero attached hydrogens (tertiary/aromatic N) is 1. The first kappa shape index (κ1) is 16.1. The number of carboxylic acids is 1. The fraction of sp³-hybridized carbons (Fsp3) is 0.462. The molecule has 8 heteroatoms. The lowest BCUT2D eigenvalue weighted by Gasteiger charge is -2.21. The van der Waals surface area contributed by atoms with Crippen LogP contribution < -0.4 is 4.72 Å². The number of rotatable bonds is 4. The Morgan fingerprint density at radius 3 is 2.33 bits per heavy atom. The van der Waals surface area contributed by atoms with E-state index in [2.05, 4.69) is 4.72 Å².